The van der Waals surface area contributed by atoms with Crippen molar-refractivity contribution in [1.82, 2.24) is 15.4 Å². The molecular weight excluding hydrogens is 374 g/mol. The second-order valence-corrected chi connectivity index (χ2v) is 7.15. The topological polar surface area (TPSA) is 132 Å². The molecule has 3 aromatic rings. The highest BCUT2D eigenvalue weighted by atomic mass is 16.5. The van der Waals surface area contributed by atoms with Gasteiger partial charge in [-0.05, 0) is 11.1 Å². The first-order valence-electron chi connectivity index (χ1n) is 9.43. The third-order valence-corrected chi connectivity index (χ3v) is 5.24. The van der Waals surface area contributed by atoms with Crippen LogP contribution in [0.2, 0.25) is 0 Å². The maximum absolute atomic E-state index is 10.3. The summed E-state index contributed by atoms with van der Waals surface area (Å²) in [5.74, 6) is 0. The molecule has 5 atom stereocenters. The monoisotopic (exact) mass is 397 g/mol. The second-order valence-electron chi connectivity index (χ2n) is 7.15. The Morgan fingerprint density at radius 3 is 2.28 bits per heavy atom. The van der Waals surface area contributed by atoms with Gasteiger partial charge in [0.05, 0.1) is 12.3 Å². The van der Waals surface area contributed by atoms with Crippen molar-refractivity contribution in [2.24, 2.45) is 0 Å². The predicted octanol–water partition coefficient (Wildman–Crippen LogP) is 0.577. The number of nitrogens with zero attached hydrogens (tertiary/aromatic N) is 2. The molecule has 1 fully saturated rings. The smallest absolute Gasteiger partial charge is 0.116 e. The molecule has 0 amide bonds. The average Bonchev–Trinajstić information content (AvgIpc) is 3.21. The average molecular weight is 397 g/mol. The van der Waals surface area contributed by atoms with Gasteiger partial charge in [0.1, 0.15) is 36.2 Å². The maximum atomic E-state index is 10.3. The van der Waals surface area contributed by atoms with E-state index in [-0.39, 0.29) is 0 Å². The van der Waals surface area contributed by atoms with Crippen molar-refractivity contribution >= 4 is 0 Å². The van der Waals surface area contributed by atoms with Crippen molar-refractivity contribution in [2.75, 3.05) is 6.61 Å². The Morgan fingerprint density at radius 2 is 1.59 bits per heavy atom. The van der Waals surface area contributed by atoms with E-state index in [1.165, 1.54) is 0 Å². The normalized spacial score (nSPS) is 27.1. The molecule has 2 aromatic carbocycles. The molecule has 0 radical (unpaired) electrons. The Balaban J connectivity index is 1.55. The van der Waals surface area contributed by atoms with Gasteiger partial charge in [0.15, 0.2) is 0 Å². The lowest BCUT2D eigenvalue weighted by atomic mass is 9.90. The number of rotatable bonds is 5. The summed E-state index contributed by atoms with van der Waals surface area (Å²) >= 11 is 0. The van der Waals surface area contributed by atoms with Crippen LogP contribution in [0.15, 0.2) is 54.6 Å². The van der Waals surface area contributed by atoms with Crippen molar-refractivity contribution in [3.8, 4) is 11.3 Å². The zero-order valence-corrected chi connectivity index (χ0v) is 15.6. The molecule has 1 aliphatic rings. The number of H-pyrrole nitrogens is 1. The lowest BCUT2D eigenvalue weighted by Gasteiger charge is -2.40. The Labute approximate surface area is 167 Å². The van der Waals surface area contributed by atoms with Gasteiger partial charge < -0.3 is 25.2 Å². The van der Waals surface area contributed by atoms with Gasteiger partial charge in [-0.25, -0.2) is 0 Å². The second kappa shape index (κ2) is 8.40. The minimum absolute atomic E-state index is 0.457. The highest BCUT2D eigenvalue weighted by Crippen LogP contribution is 2.33. The summed E-state index contributed by atoms with van der Waals surface area (Å²) in [7, 11) is 0. The van der Waals surface area contributed by atoms with Crippen LogP contribution in [0.5, 0.6) is 0 Å². The summed E-state index contributed by atoms with van der Waals surface area (Å²) in [6, 6.07) is 17.2. The number of aromatic amines is 1. The molecule has 0 aliphatic carbocycles. The van der Waals surface area contributed by atoms with Crippen LogP contribution in [0.1, 0.15) is 22.9 Å². The van der Waals surface area contributed by atoms with Crippen LogP contribution in [-0.4, -0.2) is 66.9 Å². The van der Waals surface area contributed by atoms with Gasteiger partial charge in [-0.3, -0.25) is 0 Å². The van der Waals surface area contributed by atoms with Crippen LogP contribution in [0, 0.1) is 0 Å². The third-order valence-electron chi connectivity index (χ3n) is 5.24. The summed E-state index contributed by atoms with van der Waals surface area (Å²) in [5.41, 5.74) is 4.14. The first-order valence-corrected chi connectivity index (χ1v) is 9.43. The zero-order chi connectivity index (χ0) is 20.4. The van der Waals surface area contributed by atoms with E-state index in [2.05, 4.69) is 15.4 Å². The largest absolute Gasteiger partial charge is 0.394 e. The standard InChI is InChI=1S/C21H23N3O5/c25-11-16-18(26)19(27)20(28)21(29-16)14-8-6-13(7-9-14)17-15(22-24-23-17)10-12-4-2-1-3-5-12/h1-9,16,18-21,25-28H,10-11H2,(H,22,23,24)/t16-,18-,19+,20+,21-/m1/s1. The molecule has 4 rings (SSSR count). The van der Waals surface area contributed by atoms with Crippen molar-refractivity contribution in [2.45, 2.75) is 36.9 Å². The van der Waals surface area contributed by atoms with E-state index in [1.807, 2.05) is 42.5 Å². The van der Waals surface area contributed by atoms with Crippen LogP contribution in [0.3, 0.4) is 0 Å². The minimum atomic E-state index is -1.40. The van der Waals surface area contributed by atoms with E-state index in [1.54, 1.807) is 12.1 Å². The minimum Gasteiger partial charge on any atom is -0.394 e. The molecule has 1 aromatic heterocycles. The van der Waals surface area contributed by atoms with Gasteiger partial charge in [-0.1, -0.05) is 54.6 Å². The highest BCUT2D eigenvalue weighted by Gasteiger charge is 2.43. The summed E-state index contributed by atoms with van der Waals surface area (Å²) in [6.07, 6.45) is -5.24. The Bertz CT molecular complexity index is 929. The summed E-state index contributed by atoms with van der Waals surface area (Å²) in [4.78, 5) is 0. The van der Waals surface area contributed by atoms with E-state index in [0.717, 1.165) is 22.5 Å². The molecule has 2 heterocycles. The Kier molecular flexibility index (Phi) is 5.70. The predicted molar refractivity (Wildman–Crippen MR) is 104 cm³/mol. The van der Waals surface area contributed by atoms with E-state index < -0.39 is 37.1 Å². The number of aliphatic hydroxyl groups excluding tert-OH is 4. The van der Waals surface area contributed by atoms with Gasteiger partial charge in [-0.15, -0.1) is 0 Å². The molecule has 29 heavy (non-hydrogen) atoms. The molecule has 1 saturated heterocycles. The van der Waals surface area contributed by atoms with E-state index in [4.69, 9.17) is 4.74 Å². The molecule has 152 valence electrons. The number of hydrogen-bond acceptors (Lipinski definition) is 7. The van der Waals surface area contributed by atoms with Crippen molar-refractivity contribution in [3.05, 3.63) is 71.4 Å². The van der Waals surface area contributed by atoms with Crippen LogP contribution < -0.4 is 0 Å². The van der Waals surface area contributed by atoms with Gasteiger partial charge in [0, 0.05) is 12.0 Å². The van der Waals surface area contributed by atoms with Crippen molar-refractivity contribution < 1.29 is 25.2 Å². The van der Waals surface area contributed by atoms with E-state index in [9.17, 15) is 20.4 Å². The van der Waals surface area contributed by atoms with Crippen LogP contribution in [0.4, 0.5) is 0 Å². The zero-order valence-electron chi connectivity index (χ0n) is 15.6. The quantitative estimate of drug-likeness (QED) is 0.425. The molecule has 0 spiro atoms. The molecule has 1 aliphatic heterocycles. The molecule has 0 bridgehead atoms. The molecule has 0 unspecified atom stereocenters. The van der Waals surface area contributed by atoms with Crippen molar-refractivity contribution in [3.63, 3.8) is 0 Å². The highest BCUT2D eigenvalue weighted by molar-refractivity contribution is 5.62. The van der Waals surface area contributed by atoms with Crippen LogP contribution in [-0.2, 0) is 11.2 Å². The maximum Gasteiger partial charge on any atom is 0.116 e. The SMILES string of the molecule is OC[C@H]1O[C@H](c2ccc(-c3n[nH]nc3Cc3ccccc3)cc2)[C@@H](O)[C@@H](O)[C@@H]1O. The number of aliphatic hydroxyl groups is 4. The number of aromatic nitrogens is 3. The molecule has 0 saturated carbocycles. The van der Waals surface area contributed by atoms with Crippen LogP contribution >= 0.6 is 0 Å². The first kappa shape index (κ1) is 19.7. The molecule has 8 nitrogen and oxygen atoms in total. The lowest BCUT2D eigenvalue weighted by molar-refractivity contribution is -0.231. The summed E-state index contributed by atoms with van der Waals surface area (Å²) in [5, 5.41) is 50.8. The van der Waals surface area contributed by atoms with Gasteiger partial charge in [0.25, 0.3) is 0 Å². The Hall–Kier alpha value is -2.62. The number of ether oxygens (including phenoxy) is 1. The van der Waals surface area contributed by atoms with Gasteiger partial charge >= 0.3 is 0 Å². The fraction of sp³-hybridized carbons (Fsp3) is 0.333. The number of benzene rings is 2. The summed E-state index contributed by atoms with van der Waals surface area (Å²) in [6.45, 7) is -0.457. The fourth-order valence-corrected chi connectivity index (χ4v) is 3.60. The van der Waals surface area contributed by atoms with Crippen LogP contribution in [0.25, 0.3) is 11.3 Å². The lowest BCUT2D eigenvalue weighted by Crippen LogP contribution is -2.55. The molecule has 8 heteroatoms. The number of hydrogen-bond donors (Lipinski definition) is 5. The van der Waals surface area contributed by atoms with Gasteiger partial charge in [0.2, 0.25) is 0 Å². The van der Waals surface area contributed by atoms with Gasteiger partial charge in [-0.2, -0.15) is 15.4 Å². The van der Waals surface area contributed by atoms with Crippen molar-refractivity contribution in [1.29, 1.82) is 0 Å². The van der Waals surface area contributed by atoms with E-state index in [0.29, 0.717) is 12.0 Å². The first-order chi connectivity index (χ1) is 14.1. The Morgan fingerprint density at radius 1 is 0.862 bits per heavy atom. The van der Waals surface area contributed by atoms with E-state index >= 15 is 0 Å². The fourth-order valence-electron chi connectivity index (χ4n) is 3.60. The molecular formula is C21H23N3O5. The molecule has 5 N–H and O–H groups in total. The number of nitrogens with one attached hydrogen (secondary N) is 1. The summed E-state index contributed by atoms with van der Waals surface area (Å²) < 4.78 is 5.61. The third kappa shape index (κ3) is 3.93.